The fourth-order valence-electron chi connectivity index (χ4n) is 2.14. The van der Waals surface area contributed by atoms with Crippen LogP contribution in [0, 0.1) is 0 Å². The minimum Gasteiger partial charge on any atom is -0.508 e. The molecule has 0 radical (unpaired) electrons. The van der Waals surface area contributed by atoms with Crippen molar-refractivity contribution in [3.63, 3.8) is 0 Å². The van der Waals surface area contributed by atoms with Crippen LogP contribution in [0.2, 0.25) is 0 Å². The zero-order valence-corrected chi connectivity index (χ0v) is 10.7. The molecule has 0 saturated carbocycles. The van der Waals surface area contributed by atoms with E-state index >= 15 is 0 Å². The Bertz CT molecular complexity index is 381. The second-order valence-corrected chi connectivity index (χ2v) is 4.06. The van der Waals surface area contributed by atoms with Crippen LogP contribution >= 0.6 is 0 Å². The van der Waals surface area contributed by atoms with E-state index in [1.807, 2.05) is 19.9 Å². The Morgan fingerprint density at radius 1 is 1.29 bits per heavy atom. The van der Waals surface area contributed by atoms with Gasteiger partial charge in [0, 0.05) is 0 Å². The van der Waals surface area contributed by atoms with E-state index < -0.39 is 5.41 Å². The van der Waals surface area contributed by atoms with Crippen LogP contribution in [0.4, 0.5) is 0 Å². The van der Waals surface area contributed by atoms with E-state index in [2.05, 4.69) is 0 Å². The zero-order valence-electron chi connectivity index (χ0n) is 10.7. The molecule has 3 heteroatoms. The van der Waals surface area contributed by atoms with Gasteiger partial charge in [-0.2, -0.15) is 0 Å². The molecule has 0 unspecified atom stereocenters. The van der Waals surface area contributed by atoms with E-state index in [9.17, 15) is 9.90 Å². The molecule has 1 rings (SSSR count). The normalized spacial score (nSPS) is 11.2. The third-order valence-corrected chi connectivity index (χ3v) is 3.27. The van der Waals surface area contributed by atoms with E-state index in [0.717, 1.165) is 5.56 Å². The highest BCUT2D eigenvalue weighted by atomic mass is 16.5. The van der Waals surface area contributed by atoms with E-state index in [1.165, 1.54) is 0 Å². The quantitative estimate of drug-likeness (QED) is 0.799. The number of phenolic OH excluding ortho intramolecular Hbond substituents is 1. The zero-order chi connectivity index (χ0) is 12.9. The fourth-order valence-corrected chi connectivity index (χ4v) is 2.14. The summed E-state index contributed by atoms with van der Waals surface area (Å²) in [5, 5.41) is 9.53. The van der Waals surface area contributed by atoms with Crippen molar-refractivity contribution >= 4 is 5.97 Å². The van der Waals surface area contributed by atoms with Crippen LogP contribution < -0.4 is 0 Å². The highest BCUT2D eigenvalue weighted by Gasteiger charge is 2.38. The van der Waals surface area contributed by atoms with E-state index in [-0.39, 0.29) is 11.7 Å². The van der Waals surface area contributed by atoms with Crippen molar-refractivity contribution in [1.29, 1.82) is 0 Å². The van der Waals surface area contributed by atoms with Crippen LogP contribution in [0.25, 0.3) is 0 Å². The van der Waals surface area contributed by atoms with E-state index in [4.69, 9.17) is 4.74 Å². The molecule has 0 spiro atoms. The predicted octanol–water partition coefficient (Wildman–Crippen LogP) is 3.01. The molecule has 0 bridgehead atoms. The second kappa shape index (κ2) is 5.71. The molecule has 0 atom stereocenters. The lowest BCUT2D eigenvalue weighted by molar-refractivity contribution is -0.150. The SMILES string of the molecule is CCOC(=O)C(CC)(CC)c1cccc(O)c1. The topological polar surface area (TPSA) is 46.5 Å². The van der Waals surface area contributed by atoms with Gasteiger partial charge < -0.3 is 9.84 Å². The van der Waals surface area contributed by atoms with Crippen molar-refractivity contribution in [2.45, 2.75) is 39.0 Å². The van der Waals surface area contributed by atoms with Crippen molar-refractivity contribution in [1.82, 2.24) is 0 Å². The van der Waals surface area contributed by atoms with Crippen molar-refractivity contribution in [3.8, 4) is 5.75 Å². The first-order chi connectivity index (χ1) is 8.10. The lowest BCUT2D eigenvalue weighted by atomic mass is 9.76. The minimum atomic E-state index is -0.644. The number of hydrogen-bond donors (Lipinski definition) is 1. The first-order valence-corrected chi connectivity index (χ1v) is 6.07. The van der Waals surface area contributed by atoms with Gasteiger partial charge in [0.2, 0.25) is 0 Å². The van der Waals surface area contributed by atoms with Gasteiger partial charge in [-0.05, 0) is 37.5 Å². The molecule has 1 aromatic carbocycles. The first kappa shape index (κ1) is 13.6. The third kappa shape index (κ3) is 2.60. The average molecular weight is 236 g/mol. The van der Waals surface area contributed by atoms with Crippen molar-refractivity contribution < 1.29 is 14.6 Å². The molecule has 0 saturated heterocycles. The number of esters is 1. The molecule has 0 aliphatic rings. The van der Waals surface area contributed by atoms with Crippen molar-refractivity contribution in [2.24, 2.45) is 0 Å². The van der Waals surface area contributed by atoms with Crippen molar-refractivity contribution in [2.75, 3.05) is 6.61 Å². The van der Waals surface area contributed by atoms with Gasteiger partial charge in [-0.15, -0.1) is 0 Å². The second-order valence-electron chi connectivity index (χ2n) is 4.06. The molecule has 0 heterocycles. The molecule has 0 amide bonds. The molecule has 0 aliphatic carbocycles. The predicted molar refractivity (Wildman–Crippen MR) is 67.0 cm³/mol. The third-order valence-electron chi connectivity index (χ3n) is 3.27. The number of hydrogen-bond acceptors (Lipinski definition) is 3. The summed E-state index contributed by atoms with van der Waals surface area (Å²) in [4.78, 5) is 12.1. The molecule has 1 N–H and O–H groups in total. The lowest BCUT2D eigenvalue weighted by Crippen LogP contribution is -2.36. The molecule has 3 nitrogen and oxygen atoms in total. The van der Waals surface area contributed by atoms with Gasteiger partial charge in [-0.25, -0.2) is 0 Å². The molecule has 0 fully saturated rings. The highest BCUT2D eigenvalue weighted by Crippen LogP contribution is 2.34. The largest absolute Gasteiger partial charge is 0.508 e. The number of ether oxygens (including phenoxy) is 1. The Morgan fingerprint density at radius 3 is 2.41 bits per heavy atom. The van der Waals surface area contributed by atoms with Crippen molar-refractivity contribution in [3.05, 3.63) is 29.8 Å². The Labute approximate surface area is 102 Å². The van der Waals surface area contributed by atoms with Crippen LogP contribution in [-0.2, 0) is 14.9 Å². The molecule has 1 aromatic rings. The van der Waals surface area contributed by atoms with E-state index in [1.54, 1.807) is 25.1 Å². The summed E-state index contributed by atoms with van der Waals surface area (Å²) in [6.45, 7) is 6.10. The summed E-state index contributed by atoms with van der Waals surface area (Å²) in [5.74, 6) is -0.0336. The molecule has 17 heavy (non-hydrogen) atoms. The maximum absolute atomic E-state index is 12.1. The summed E-state index contributed by atoms with van der Waals surface area (Å²) in [7, 11) is 0. The smallest absolute Gasteiger partial charge is 0.316 e. The van der Waals surface area contributed by atoms with Crippen LogP contribution in [0.1, 0.15) is 39.2 Å². The Kier molecular flexibility index (Phi) is 4.55. The average Bonchev–Trinajstić information content (AvgIpc) is 2.32. The number of aromatic hydroxyl groups is 1. The van der Waals surface area contributed by atoms with Crippen LogP contribution in [0.15, 0.2) is 24.3 Å². The maximum atomic E-state index is 12.1. The molecular formula is C14H20O3. The van der Waals surface area contributed by atoms with Gasteiger partial charge in [0.15, 0.2) is 0 Å². The number of carbonyl (C=O) groups is 1. The van der Waals surface area contributed by atoms with Crippen LogP contribution in [0.5, 0.6) is 5.75 Å². The summed E-state index contributed by atoms with van der Waals surface area (Å²) in [6.07, 6.45) is 1.32. The van der Waals surface area contributed by atoms with Crippen LogP contribution in [-0.4, -0.2) is 17.7 Å². The summed E-state index contributed by atoms with van der Waals surface area (Å²) in [6, 6.07) is 6.86. The summed E-state index contributed by atoms with van der Waals surface area (Å²) in [5.41, 5.74) is 0.176. The number of benzene rings is 1. The molecular weight excluding hydrogens is 216 g/mol. The van der Waals surface area contributed by atoms with Crippen LogP contribution in [0.3, 0.4) is 0 Å². The van der Waals surface area contributed by atoms with Gasteiger partial charge in [-0.3, -0.25) is 4.79 Å². The van der Waals surface area contributed by atoms with Gasteiger partial charge in [0.1, 0.15) is 5.75 Å². The Balaban J connectivity index is 3.19. The summed E-state index contributed by atoms with van der Waals surface area (Å²) >= 11 is 0. The molecule has 94 valence electrons. The minimum absolute atomic E-state index is 0.179. The van der Waals surface area contributed by atoms with Gasteiger partial charge in [0.05, 0.1) is 12.0 Å². The lowest BCUT2D eigenvalue weighted by Gasteiger charge is -2.29. The monoisotopic (exact) mass is 236 g/mol. The highest BCUT2D eigenvalue weighted by molar-refractivity contribution is 5.83. The number of carbonyl (C=O) groups excluding carboxylic acids is 1. The maximum Gasteiger partial charge on any atom is 0.316 e. The summed E-state index contributed by atoms with van der Waals surface area (Å²) < 4.78 is 5.16. The fraction of sp³-hybridized carbons (Fsp3) is 0.500. The van der Waals surface area contributed by atoms with Gasteiger partial charge in [0.25, 0.3) is 0 Å². The van der Waals surface area contributed by atoms with E-state index in [0.29, 0.717) is 19.4 Å². The number of rotatable bonds is 5. The number of phenols is 1. The standard InChI is InChI=1S/C14H20O3/c1-4-14(5-2,13(16)17-6-3)11-8-7-9-12(15)10-11/h7-10,15H,4-6H2,1-3H3. The van der Waals surface area contributed by atoms with Gasteiger partial charge >= 0.3 is 5.97 Å². The Morgan fingerprint density at radius 2 is 1.94 bits per heavy atom. The van der Waals surface area contributed by atoms with Gasteiger partial charge in [-0.1, -0.05) is 26.0 Å². The molecule has 0 aliphatic heterocycles. The molecule has 0 aromatic heterocycles. The Hall–Kier alpha value is -1.51. The first-order valence-electron chi connectivity index (χ1n) is 6.07.